The molecule has 0 spiro atoms. The minimum atomic E-state index is -0.899. The number of hydrogen-bond acceptors (Lipinski definition) is 1. The van der Waals surface area contributed by atoms with Crippen LogP contribution in [0.2, 0.25) is 5.02 Å². The van der Waals surface area contributed by atoms with E-state index in [4.69, 9.17) is 18.0 Å². The van der Waals surface area contributed by atoms with E-state index in [2.05, 4.69) is 5.92 Å². The van der Waals surface area contributed by atoms with Crippen molar-refractivity contribution in [3.63, 3.8) is 0 Å². The van der Waals surface area contributed by atoms with Crippen LogP contribution in [0.1, 0.15) is 33.9 Å². The largest absolute Gasteiger partial charge is 0.326 e. The van der Waals surface area contributed by atoms with Gasteiger partial charge in [-0.15, -0.1) is 12.3 Å². The lowest BCUT2D eigenvalue weighted by atomic mass is 10.0. The van der Waals surface area contributed by atoms with Gasteiger partial charge in [0.25, 0.3) is 5.91 Å². The monoisotopic (exact) mass is 349 g/mol. The molecule has 1 aliphatic rings. The summed E-state index contributed by atoms with van der Waals surface area (Å²) < 4.78 is 41.7. The van der Waals surface area contributed by atoms with Gasteiger partial charge in [-0.2, -0.15) is 0 Å². The summed E-state index contributed by atoms with van der Waals surface area (Å²) >= 11 is 5.79. The summed E-state index contributed by atoms with van der Waals surface area (Å²) in [5.41, 5.74) is 0.239. The number of halogens is 4. The highest BCUT2D eigenvalue weighted by molar-refractivity contribution is 6.31. The topological polar surface area (TPSA) is 20.3 Å². The molecule has 0 N–H and O–H groups in total. The third-order valence-corrected chi connectivity index (χ3v) is 4.20. The molecule has 2 aromatic carbocycles. The second kappa shape index (κ2) is 6.21. The third kappa shape index (κ3) is 2.74. The number of carbonyl (C=O) groups excluding carboxylic acids is 1. The summed E-state index contributed by atoms with van der Waals surface area (Å²) in [5, 5.41) is 0.0897. The van der Waals surface area contributed by atoms with Crippen LogP contribution in [0.5, 0.6) is 0 Å². The van der Waals surface area contributed by atoms with Crippen LogP contribution in [0.25, 0.3) is 0 Å². The number of rotatable bonds is 3. The first-order chi connectivity index (χ1) is 11.4. The number of fused-ring (bicyclic) bond motifs is 1. The van der Waals surface area contributed by atoms with Crippen LogP contribution in [0, 0.1) is 29.8 Å². The van der Waals surface area contributed by atoms with Crippen LogP contribution >= 0.6 is 11.6 Å². The van der Waals surface area contributed by atoms with Crippen LogP contribution in [0.15, 0.2) is 30.3 Å². The molecule has 2 aromatic rings. The summed E-state index contributed by atoms with van der Waals surface area (Å²) in [6.45, 7) is -0.0839. The van der Waals surface area contributed by atoms with E-state index in [1.807, 2.05) is 0 Å². The molecule has 1 atom stereocenters. The Kier molecular flexibility index (Phi) is 4.25. The van der Waals surface area contributed by atoms with Gasteiger partial charge in [-0.1, -0.05) is 11.6 Å². The van der Waals surface area contributed by atoms with Gasteiger partial charge >= 0.3 is 0 Å². The predicted octanol–water partition coefficient (Wildman–Crippen LogP) is 4.48. The highest BCUT2D eigenvalue weighted by Gasteiger charge is 2.36. The first-order valence-electron chi connectivity index (χ1n) is 7.09. The lowest BCUT2D eigenvalue weighted by molar-refractivity contribution is 0.0700. The van der Waals surface area contributed by atoms with Gasteiger partial charge in [0, 0.05) is 28.1 Å². The number of terminal acetylenes is 1. The molecule has 0 saturated heterocycles. The normalized spacial score (nSPS) is 14.5. The first kappa shape index (κ1) is 16.4. The molecule has 122 valence electrons. The van der Waals surface area contributed by atoms with Gasteiger partial charge in [0.05, 0.1) is 12.6 Å². The smallest absolute Gasteiger partial charge is 0.255 e. The van der Waals surface area contributed by atoms with E-state index in [1.54, 1.807) is 0 Å². The molecule has 1 aliphatic heterocycles. The van der Waals surface area contributed by atoms with E-state index < -0.39 is 29.4 Å². The van der Waals surface area contributed by atoms with Gasteiger partial charge in [0.1, 0.15) is 17.5 Å². The Morgan fingerprint density at radius 3 is 2.67 bits per heavy atom. The van der Waals surface area contributed by atoms with Crippen molar-refractivity contribution in [3.05, 3.63) is 69.5 Å². The Morgan fingerprint density at radius 2 is 1.96 bits per heavy atom. The summed E-state index contributed by atoms with van der Waals surface area (Å²) in [6.07, 6.45) is 5.30. The maximum Gasteiger partial charge on any atom is 0.255 e. The maximum absolute atomic E-state index is 14.1. The van der Waals surface area contributed by atoms with E-state index >= 15 is 0 Å². The average Bonchev–Trinajstić information content (AvgIpc) is 2.85. The van der Waals surface area contributed by atoms with Crippen LogP contribution in [0.4, 0.5) is 13.2 Å². The second-order valence-corrected chi connectivity index (χ2v) is 5.87. The Balaban J connectivity index is 2.06. The second-order valence-electron chi connectivity index (χ2n) is 5.44. The van der Waals surface area contributed by atoms with E-state index in [0.29, 0.717) is 0 Å². The first-order valence-corrected chi connectivity index (χ1v) is 7.47. The Bertz CT molecular complexity index is 875. The van der Waals surface area contributed by atoms with Crippen LogP contribution < -0.4 is 0 Å². The molecule has 1 unspecified atom stereocenters. The zero-order valence-corrected chi connectivity index (χ0v) is 13.1. The summed E-state index contributed by atoms with van der Waals surface area (Å²) in [7, 11) is 0. The number of amides is 1. The van der Waals surface area contributed by atoms with Crippen molar-refractivity contribution in [2.75, 3.05) is 0 Å². The number of hydrogen-bond donors (Lipinski definition) is 0. The minimum absolute atomic E-state index is 0.0323. The molecule has 0 aliphatic carbocycles. The van der Waals surface area contributed by atoms with Crippen molar-refractivity contribution in [2.45, 2.75) is 19.0 Å². The fourth-order valence-corrected chi connectivity index (χ4v) is 3.08. The minimum Gasteiger partial charge on any atom is -0.326 e. The molecule has 0 fully saturated rings. The van der Waals surface area contributed by atoms with Gasteiger partial charge in [0.2, 0.25) is 0 Å². The fourth-order valence-electron chi connectivity index (χ4n) is 2.87. The summed E-state index contributed by atoms with van der Waals surface area (Å²) in [4.78, 5) is 13.8. The van der Waals surface area contributed by atoms with Gasteiger partial charge in [0.15, 0.2) is 0 Å². The average molecular weight is 350 g/mol. The third-order valence-electron chi connectivity index (χ3n) is 3.98. The zero-order valence-electron chi connectivity index (χ0n) is 12.3. The van der Waals surface area contributed by atoms with Crippen molar-refractivity contribution in [1.29, 1.82) is 0 Å². The molecule has 3 rings (SSSR count). The quantitative estimate of drug-likeness (QED) is 0.748. The van der Waals surface area contributed by atoms with Crippen molar-refractivity contribution < 1.29 is 18.0 Å². The number of nitrogens with zero attached hydrogens (tertiary/aromatic N) is 1. The Hall–Kier alpha value is -2.45. The number of carbonyl (C=O) groups is 1. The molecule has 2 nitrogen and oxygen atoms in total. The van der Waals surface area contributed by atoms with Gasteiger partial charge < -0.3 is 4.90 Å². The number of benzene rings is 2. The van der Waals surface area contributed by atoms with E-state index in [9.17, 15) is 18.0 Å². The van der Waals surface area contributed by atoms with E-state index in [1.165, 1.54) is 11.0 Å². The highest BCUT2D eigenvalue weighted by atomic mass is 35.5. The van der Waals surface area contributed by atoms with Crippen LogP contribution in [-0.4, -0.2) is 10.8 Å². The molecule has 0 radical (unpaired) electrons. The van der Waals surface area contributed by atoms with Gasteiger partial charge in [-0.05, 0) is 30.3 Å². The van der Waals surface area contributed by atoms with Gasteiger partial charge in [-0.3, -0.25) is 4.79 Å². The van der Waals surface area contributed by atoms with Crippen molar-refractivity contribution in [1.82, 2.24) is 4.90 Å². The van der Waals surface area contributed by atoms with Crippen LogP contribution in [-0.2, 0) is 6.54 Å². The molecular formula is C18H11ClF3NO. The van der Waals surface area contributed by atoms with Crippen molar-refractivity contribution >= 4 is 17.5 Å². The predicted molar refractivity (Wildman–Crippen MR) is 83.8 cm³/mol. The molecule has 0 aromatic heterocycles. The lowest BCUT2D eigenvalue weighted by Gasteiger charge is -2.27. The molecular weight excluding hydrogens is 339 g/mol. The molecule has 1 amide bonds. The standard InChI is InChI=1S/C18H11ClF3NO/c1-2-3-17(13-8-11(20)4-5-15(13)21)23-9-14-12(18(23)24)6-10(19)7-16(14)22/h1,4-8,17H,3,9H2. The Morgan fingerprint density at radius 1 is 1.21 bits per heavy atom. The Labute approximate surface area is 141 Å². The van der Waals surface area contributed by atoms with Crippen molar-refractivity contribution in [3.8, 4) is 12.3 Å². The maximum atomic E-state index is 14.1. The SMILES string of the molecule is C#CCC(c1cc(F)ccc1F)N1Cc2c(F)cc(Cl)cc2C1=O. The molecule has 6 heteroatoms. The zero-order chi connectivity index (χ0) is 17.4. The van der Waals surface area contributed by atoms with Crippen molar-refractivity contribution in [2.24, 2.45) is 0 Å². The molecule has 1 heterocycles. The molecule has 24 heavy (non-hydrogen) atoms. The summed E-state index contributed by atoms with van der Waals surface area (Å²) in [5.74, 6) is -0.104. The van der Waals surface area contributed by atoms with Gasteiger partial charge in [-0.25, -0.2) is 13.2 Å². The fraction of sp³-hybridized carbons (Fsp3) is 0.167. The lowest BCUT2D eigenvalue weighted by Crippen LogP contribution is -2.29. The van der Waals surface area contributed by atoms with Crippen LogP contribution in [0.3, 0.4) is 0 Å². The molecule has 0 saturated carbocycles. The van der Waals surface area contributed by atoms with E-state index in [-0.39, 0.29) is 34.7 Å². The summed E-state index contributed by atoms with van der Waals surface area (Å²) in [6, 6.07) is 4.51. The highest BCUT2D eigenvalue weighted by Crippen LogP contribution is 2.36. The van der Waals surface area contributed by atoms with E-state index in [0.717, 1.165) is 24.3 Å². The molecule has 0 bridgehead atoms.